The number of allylic oxidation sites excluding steroid dienone is 1. The van der Waals surface area contributed by atoms with Crippen molar-refractivity contribution >= 4 is 22.4 Å². The van der Waals surface area contributed by atoms with Crippen molar-refractivity contribution in [1.29, 1.82) is 0 Å². The molecular weight excluding hydrogens is 560 g/mol. The smallest absolute Gasteiger partial charge is 0.370 e. The summed E-state index contributed by atoms with van der Waals surface area (Å²) in [5.74, 6) is -0.861. The molecule has 2 unspecified atom stereocenters. The molecule has 0 spiro atoms. The van der Waals surface area contributed by atoms with Crippen molar-refractivity contribution in [3.05, 3.63) is 101 Å². The predicted octanol–water partition coefficient (Wildman–Crippen LogP) is 6.57. The second-order valence-corrected chi connectivity index (χ2v) is 10.6. The molecule has 0 aliphatic carbocycles. The minimum Gasteiger partial charge on any atom is -0.370 e. The number of alkyl halides is 6. The van der Waals surface area contributed by atoms with Gasteiger partial charge in [0, 0.05) is 60.4 Å². The molecule has 1 amide bonds. The lowest BCUT2D eigenvalue weighted by molar-refractivity contribution is -0.143. The molecule has 0 bridgehead atoms. The Kier molecular flexibility index (Phi) is 6.94. The first kappa shape index (κ1) is 27.8. The maximum Gasteiger partial charge on any atom is 0.416 e. The van der Waals surface area contributed by atoms with E-state index in [2.05, 4.69) is 19.9 Å². The number of para-hydroxylation sites is 1. The van der Waals surface area contributed by atoms with Gasteiger partial charge in [-0.05, 0) is 54.7 Å². The third-order valence-corrected chi connectivity index (χ3v) is 7.93. The molecule has 4 heterocycles. The molecule has 6 rings (SSSR count). The zero-order valence-corrected chi connectivity index (χ0v) is 22.1. The van der Waals surface area contributed by atoms with Crippen LogP contribution in [0.5, 0.6) is 0 Å². The molecule has 218 valence electrons. The van der Waals surface area contributed by atoms with Crippen LogP contribution in [0.1, 0.15) is 45.6 Å². The highest BCUT2D eigenvalue weighted by atomic mass is 19.4. The molecular formula is C30H25F6N5O. The number of fused-ring (bicyclic) bond motifs is 2. The quantitative estimate of drug-likeness (QED) is 0.275. The van der Waals surface area contributed by atoms with Gasteiger partial charge in [0.2, 0.25) is 0 Å². The molecule has 1 fully saturated rings. The number of benzene rings is 2. The lowest BCUT2D eigenvalue weighted by atomic mass is 9.91. The van der Waals surface area contributed by atoms with E-state index < -0.39 is 41.0 Å². The molecule has 0 saturated carbocycles. The molecule has 2 aromatic carbocycles. The Hall–Kier alpha value is -4.35. The van der Waals surface area contributed by atoms with E-state index in [9.17, 15) is 31.1 Å². The second-order valence-electron chi connectivity index (χ2n) is 10.6. The average molecular weight is 586 g/mol. The SMILES string of the molecule is O=C(c1cc(C(F)(F)F)cc(C(F)(F)F)c1)N1CC2CCC(c3cnccn3)=CN2CC1Cc1c[nH]c2ccccc12. The Morgan fingerprint density at radius 3 is 2.40 bits per heavy atom. The molecule has 42 heavy (non-hydrogen) atoms. The van der Waals surface area contributed by atoms with Crippen LogP contribution in [0.4, 0.5) is 26.3 Å². The number of hydrogen-bond donors (Lipinski definition) is 1. The third-order valence-electron chi connectivity index (χ3n) is 7.93. The van der Waals surface area contributed by atoms with Gasteiger partial charge in [0.25, 0.3) is 5.91 Å². The van der Waals surface area contributed by atoms with E-state index in [1.54, 1.807) is 18.6 Å². The summed E-state index contributed by atoms with van der Waals surface area (Å²) in [5, 5.41) is 0.930. The van der Waals surface area contributed by atoms with Crippen molar-refractivity contribution in [2.45, 2.75) is 43.7 Å². The van der Waals surface area contributed by atoms with Crippen LogP contribution in [-0.4, -0.2) is 55.8 Å². The molecule has 0 radical (unpaired) electrons. The Morgan fingerprint density at radius 1 is 0.976 bits per heavy atom. The van der Waals surface area contributed by atoms with Gasteiger partial charge in [-0.15, -0.1) is 0 Å². The number of amides is 1. The number of hydrogen-bond acceptors (Lipinski definition) is 4. The number of aromatic amines is 1. The average Bonchev–Trinajstić information content (AvgIpc) is 3.38. The van der Waals surface area contributed by atoms with Gasteiger partial charge in [0.05, 0.1) is 29.1 Å². The summed E-state index contributed by atoms with van der Waals surface area (Å²) >= 11 is 0. The highest BCUT2D eigenvalue weighted by molar-refractivity contribution is 5.95. The van der Waals surface area contributed by atoms with Gasteiger partial charge < -0.3 is 14.8 Å². The monoisotopic (exact) mass is 585 g/mol. The van der Waals surface area contributed by atoms with Crippen LogP contribution in [-0.2, 0) is 18.8 Å². The first-order valence-corrected chi connectivity index (χ1v) is 13.4. The van der Waals surface area contributed by atoms with E-state index in [0.29, 0.717) is 37.9 Å². The van der Waals surface area contributed by atoms with Gasteiger partial charge in [-0.2, -0.15) is 26.3 Å². The summed E-state index contributed by atoms with van der Waals surface area (Å²) in [6, 6.07) is 7.95. The number of carbonyl (C=O) groups excluding carboxylic acids is 1. The van der Waals surface area contributed by atoms with Crippen molar-refractivity contribution in [1.82, 2.24) is 24.8 Å². The van der Waals surface area contributed by atoms with Gasteiger partial charge >= 0.3 is 12.4 Å². The van der Waals surface area contributed by atoms with Gasteiger partial charge in [-0.25, -0.2) is 0 Å². The minimum absolute atomic E-state index is 0.0398. The summed E-state index contributed by atoms with van der Waals surface area (Å²) in [5.41, 5.74) is -0.190. The van der Waals surface area contributed by atoms with Crippen LogP contribution in [0.3, 0.4) is 0 Å². The fraction of sp³-hybridized carbons (Fsp3) is 0.300. The van der Waals surface area contributed by atoms with Crippen molar-refractivity contribution in [2.75, 3.05) is 13.1 Å². The second kappa shape index (κ2) is 10.5. The number of carbonyl (C=O) groups is 1. The molecule has 2 atom stereocenters. The van der Waals surface area contributed by atoms with Crippen LogP contribution in [0, 0.1) is 0 Å². The molecule has 4 aromatic rings. The maximum absolute atomic E-state index is 13.9. The highest BCUT2D eigenvalue weighted by Crippen LogP contribution is 2.38. The molecule has 2 aliphatic heterocycles. The predicted molar refractivity (Wildman–Crippen MR) is 143 cm³/mol. The van der Waals surface area contributed by atoms with Crippen LogP contribution in [0.15, 0.2) is 73.5 Å². The first-order valence-electron chi connectivity index (χ1n) is 13.4. The number of H-pyrrole nitrogens is 1. The fourth-order valence-corrected chi connectivity index (χ4v) is 5.86. The number of nitrogens with zero attached hydrogens (tertiary/aromatic N) is 4. The molecule has 2 aliphatic rings. The molecule has 1 saturated heterocycles. The zero-order valence-electron chi connectivity index (χ0n) is 22.1. The van der Waals surface area contributed by atoms with E-state index in [4.69, 9.17) is 0 Å². The van der Waals surface area contributed by atoms with Gasteiger partial charge in [-0.1, -0.05) is 18.2 Å². The van der Waals surface area contributed by atoms with E-state index in [1.807, 2.05) is 36.7 Å². The van der Waals surface area contributed by atoms with Gasteiger partial charge in [0.1, 0.15) is 0 Å². The molecule has 2 aromatic heterocycles. The van der Waals surface area contributed by atoms with Crippen molar-refractivity contribution in [3.63, 3.8) is 0 Å². The third kappa shape index (κ3) is 5.45. The zero-order chi connectivity index (χ0) is 29.6. The van der Waals surface area contributed by atoms with Crippen molar-refractivity contribution in [3.8, 4) is 0 Å². The lowest BCUT2D eigenvalue weighted by Crippen LogP contribution is -2.59. The number of piperazine rings is 1. The molecule has 12 heteroatoms. The number of rotatable bonds is 4. The molecule has 6 nitrogen and oxygen atoms in total. The van der Waals surface area contributed by atoms with E-state index in [-0.39, 0.29) is 18.7 Å². The first-order chi connectivity index (χ1) is 20.0. The normalized spacial score (nSPS) is 19.5. The van der Waals surface area contributed by atoms with Gasteiger partial charge in [0.15, 0.2) is 0 Å². The Labute approximate surface area is 236 Å². The Bertz CT molecular complexity index is 1610. The standard InChI is InChI=1S/C30H25F6N5O/c31-29(32,33)21-9-19(10-22(12-21)30(34,35)36)28(42)41-17-23-6-5-18(27-14-37-7-8-38-27)15-40(23)16-24(41)11-20-13-39-26-4-2-1-3-25(20)26/h1-4,7-10,12-15,23-24,39H,5-6,11,16-17H2. The Morgan fingerprint density at radius 2 is 1.71 bits per heavy atom. The maximum atomic E-state index is 13.9. The molecule has 1 N–H and O–H groups in total. The van der Waals surface area contributed by atoms with Gasteiger partial charge in [-0.3, -0.25) is 14.8 Å². The van der Waals surface area contributed by atoms with Crippen LogP contribution < -0.4 is 0 Å². The van der Waals surface area contributed by atoms with Crippen LogP contribution in [0.25, 0.3) is 16.5 Å². The van der Waals surface area contributed by atoms with E-state index in [0.717, 1.165) is 27.7 Å². The number of halogens is 6. The summed E-state index contributed by atoms with van der Waals surface area (Å²) in [4.78, 5) is 29.1. The van der Waals surface area contributed by atoms with Crippen LogP contribution >= 0.6 is 0 Å². The Balaban J connectivity index is 1.38. The van der Waals surface area contributed by atoms with E-state index in [1.165, 1.54) is 4.90 Å². The van der Waals surface area contributed by atoms with Crippen molar-refractivity contribution in [2.24, 2.45) is 0 Å². The number of aromatic nitrogens is 3. The summed E-state index contributed by atoms with van der Waals surface area (Å²) in [6.07, 6.45) is 0.153. The summed E-state index contributed by atoms with van der Waals surface area (Å²) < 4.78 is 81.6. The van der Waals surface area contributed by atoms with Crippen molar-refractivity contribution < 1.29 is 31.1 Å². The fourth-order valence-electron chi connectivity index (χ4n) is 5.86. The largest absolute Gasteiger partial charge is 0.416 e. The number of nitrogens with one attached hydrogen (secondary N) is 1. The van der Waals surface area contributed by atoms with E-state index >= 15 is 0 Å². The summed E-state index contributed by atoms with van der Waals surface area (Å²) in [6.45, 7) is 0.485. The topological polar surface area (TPSA) is 65.1 Å². The van der Waals surface area contributed by atoms with Crippen LogP contribution in [0.2, 0.25) is 0 Å². The summed E-state index contributed by atoms with van der Waals surface area (Å²) in [7, 11) is 0. The minimum atomic E-state index is -5.05. The lowest BCUT2D eigenvalue weighted by Gasteiger charge is -2.48. The highest BCUT2D eigenvalue weighted by Gasteiger charge is 2.41.